The molecule has 112 valence electrons. The zero-order valence-electron chi connectivity index (χ0n) is 12.8. The number of aryl methyl sites for hydroxylation is 1. The van der Waals surface area contributed by atoms with Gasteiger partial charge in [-0.2, -0.15) is 5.10 Å². The lowest BCUT2D eigenvalue weighted by Gasteiger charge is -2.15. The fourth-order valence-corrected chi connectivity index (χ4v) is 2.24. The van der Waals surface area contributed by atoms with Gasteiger partial charge in [0.15, 0.2) is 0 Å². The van der Waals surface area contributed by atoms with Crippen molar-refractivity contribution in [3.05, 3.63) is 57.0 Å². The number of nitrogens with two attached hydrogens (primary N) is 1. The van der Waals surface area contributed by atoms with E-state index in [2.05, 4.69) is 10.2 Å². The minimum absolute atomic E-state index is 0.227. The van der Waals surface area contributed by atoms with Crippen molar-refractivity contribution in [1.29, 1.82) is 0 Å². The first-order valence-electron chi connectivity index (χ1n) is 6.93. The molecule has 2 rings (SSSR count). The normalized spacial score (nSPS) is 12.5. The van der Waals surface area contributed by atoms with Crippen molar-refractivity contribution < 1.29 is 4.74 Å². The fraction of sp³-hybridized carbons (Fsp3) is 0.375. The molecule has 0 spiro atoms. The van der Waals surface area contributed by atoms with E-state index in [0.717, 1.165) is 22.6 Å². The molecule has 0 aliphatic carbocycles. The van der Waals surface area contributed by atoms with Gasteiger partial charge in [0.2, 0.25) is 0 Å². The van der Waals surface area contributed by atoms with Gasteiger partial charge in [0.25, 0.3) is 5.56 Å². The third kappa shape index (κ3) is 3.13. The summed E-state index contributed by atoms with van der Waals surface area (Å²) in [7, 11) is 1.63. The second kappa shape index (κ2) is 6.10. The summed E-state index contributed by atoms with van der Waals surface area (Å²) in [5.74, 6) is 1.03. The van der Waals surface area contributed by atoms with Crippen LogP contribution in [0.15, 0.2) is 29.1 Å². The van der Waals surface area contributed by atoms with E-state index < -0.39 is 6.04 Å². The molecule has 5 heteroatoms. The topological polar surface area (TPSA) is 81.0 Å². The maximum Gasteiger partial charge on any atom is 0.269 e. The molecular formula is C16H21N3O2. The highest BCUT2D eigenvalue weighted by molar-refractivity contribution is 5.40. The first-order valence-corrected chi connectivity index (χ1v) is 6.93. The van der Waals surface area contributed by atoms with Crippen LogP contribution in [0.2, 0.25) is 0 Å². The van der Waals surface area contributed by atoms with Crippen LogP contribution in [0.4, 0.5) is 0 Å². The molecule has 1 unspecified atom stereocenters. The van der Waals surface area contributed by atoms with Crippen LogP contribution >= 0.6 is 0 Å². The van der Waals surface area contributed by atoms with Crippen LogP contribution in [0.25, 0.3) is 0 Å². The van der Waals surface area contributed by atoms with Crippen LogP contribution in [0.5, 0.6) is 5.75 Å². The Morgan fingerprint density at radius 3 is 2.57 bits per heavy atom. The Morgan fingerprint density at radius 1 is 1.29 bits per heavy atom. The second-order valence-electron chi connectivity index (χ2n) is 5.44. The summed E-state index contributed by atoms with van der Waals surface area (Å²) in [6.45, 7) is 5.99. The molecule has 21 heavy (non-hydrogen) atoms. The van der Waals surface area contributed by atoms with Crippen molar-refractivity contribution in [2.45, 2.75) is 32.7 Å². The fourth-order valence-electron chi connectivity index (χ4n) is 2.24. The number of rotatable bonds is 4. The van der Waals surface area contributed by atoms with Gasteiger partial charge in [-0.05, 0) is 36.1 Å². The van der Waals surface area contributed by atoms with E-state index in [4.69, 9.17) is 10.5 Å². The molecule has 1 aromatic heterocycles. The van der Waals surface area contributed by atoms with Crippen LogP contribution in [0.1, 0.15) is 48.2 Å². The third-order valence-electron chi connectivity index (χ3n) is 3.56. The average molecular weight is 287 g/mol. The Bertz CT molecular complexity index is 692. The largest absolute Gasteiger partial charge is 0.496 e. The number of methoxy groups -OCH3 is 1. The van der Waals surface area contributed by atoms with Crippen molar-refractivity contribution >= 4 is 0 Å². The minimum atomic E-state index is -0.487. The number of nitrogens with one attached hydrogen (secondary N) is 1. The van der Waals surface area contributed by atoms with E-state index in [0.29, 0.717) is 5.56 Å². The average Bonchev–Trinajstić information content (AvgIpc) is 2.46. The van der Waals surface area contributed by atoms with Crippen LogP contribution in [0.3, 0.4) is 0 Å². The highest BCUT2D eigenvalue weighted by Crippen LogP contribution is 2.24. The molecule has 3 N–H and O–H groups in total. The van der Waals surface area contributed by atoms with Gasteiger partial charge in [-0.25, -0.2) is 5.10 Å². The van der Waals surface area contributed by atoms with Crippen LogP contribution in [-0.4, -0.2) is 17.3 Å². The van der Waals surface area contributed by atoms with Crippen molar-refractivity contribution in [2.75, 3.05) is 7.11 Å². The summed E-state index contributed by atoms with van der Waals surface area (Å²) in [6.07, 6.45) is 0. The number of benzene rings is 1. The maximum absolute atomic E-state index is 12.0. The molecule has 0 fully saturated rings. The SMILES string of the molecule is COc1ccc(C(N)c2cc(C(C)C)n[nH]c2=O)cc1C. The zero-order valence-corrected chi connectivity index (χ0v) is 12.8. The molecule has 1 aromatic carbocycles. The third-order valence-corrected chi connectivity index (χ3v) is 3.56. The standard InChI is InChI=1S/C16H21N3O2/c1-9(2)13-8-12(16(20)19-18-13)15(17)11-5-6-14(21-4)10(3)7-11/h5-9,15H,17H2,1-4H3,(H,19,20). The zero-order chi connectivity index (χ0) is 15.6. The van der Waals surface area contributed by atoms with Crippen molar-refractivity contribution in [2.24, 2.45) is 5.73 Å². The van der Waals surface area contributed by atoms with Gasteiger partial charge >= 0.3 is 0 Å². The predicted molar refractivity (Wildman–Crippen MR) is 82.7 cm³/mol. The molecule has 0 bridgehead atoms. The van der Waals surface area contributed by atoms with E-state index in [1.54, 1.807) is 13.2 Å². The van der Waals surface area contributed by atoms with E-state index in [9.17, 15) is 4.79 Å². The van der Waals surface area contributed by atoms with Crippen LogP contribution < -0.4 is 16.0 Å². The number of aromatic nitrogens is 2. The van der Waals surface area contributed by atoms with E-state index in [1.807, 2.05) is 39.0 Å². The lowest BCUT2D eigenvalue weighted by atomic mass is 9.97. The Hall–Kier alpha value is -2.14. The molecule has 0 saturated heterocycles. The van der Waals surface area contributed by atoms with Gasteiger partial charge in [0, 0.05) is 5.56 Å². The Kier molecular flexibility index (Phi) is 4.43. The van der Waals surface area contributed by atoms with Gasteiger partial charge in [-0.15, -0.1) is 0 Å². The summed E-state index contributed by atoms with van der Waals surface area (Å²) in [5, 5.41) is 6.57. The molecule has 5 nitrogen and oxygen atoms in total. The minimum Gasteiger partial charge on any atom is -0.496 e. The van der Waals surface area contributed by atoms with Gasteiger partial charge < -0.3 is 10.5 Å². The van der Waals surface area contributed by atoms with Gasteiger partial charge in [-0.1, -0.05) is 26.0 Å². The smallest absolute Gasteiger partial charge is 0.269 e. The first kappa shape index (κ1) is 15.3. The van der Waals surface area contributed by atoms with Crippen LogP contribution in [-0.2, 0) is 0 Å². The van der Waals surface area contributed by atoms with E-state index in [-0.39, 0.29) is 11.5 Å². The van der Waals surface area contributed by atoms with Gasteiger partial charge in [0.05, 0.1) is 18.8 Å². The number of H-pyrrole nitrogens is 1. The number of ether oxygens (including phenoxy) is 1. The van der Waals surface area contributed by atoms with Crippen molar-refractivity contribution in [3.63, 3.8) is 0 Å². The number of nitrogens with zero attached hydrogens (tertiary/aromatic N) is 1. The molecule has 0 aliphatic heterocycles. The summed E-state index contributed by atoms with van der Waals surface area (Å²) < 4.78 is 5.24. The van der Waals surface area contributed by atoms with Crippen LogP contribution in [0, 0.1) is 6.92 Å². The highest BCUT2D eigenvalue weighted by Gasteiger charge is 2.16. The van der Waals surface area contributed by atoms with Gasteiger partial charge in [0.1, 0.15) is 5.75 Å². The lowest BCUT2D eigenvalue weighted by Crippen LogP contribution is -2.24. The lowest BCUT2D eigenvalue weighted by molar-refractivity contribution is 0.411. The molecule has 1 atom stereocenters. The predicted octanol–water partition coefficient (Wildman–Crippen LogP) is 2.26. The molecular weight excluding hydrogens is 266 g/mol. The monoisotopic (exact) mass is 287 g/mol. The molecule has 0 radical (unpaired) electrons. The molecule has 2 aromatic rings. The van der Waals surface area contributed by atoms with E-state index in [1.165, 1.54) is 0 Å². The highest BCUT2D eigenvalue weighted by atomic mass is 16.5. The summed E-state index contributed by atoms with van der Waals surface area (Å²) in [4.78, 5) is 12.0. The number of aromatic amines is 1. The molecule has 0 saturated carbocycles. The molecule has 0 aliphatic rings. The second-order valence-corrected chi connectivity index (χ2v) is 5.44. The van der Waals surface area contributed by atoms with Crippen molar-refractivity contribution in [3.8, 4) is 5.75 Å². The first-order chi connectivity index (χ1) is 9.93. The summed E-state index contributed by atoms with van der Waals surface area (Å²) in [5.41, 5.74) is 9.22. The van der Waals surface area contributed by atoms with E-state index >= 15 is 0 Å². The summed E-state index contributed by atoms with van der Waals surface area (Å²) in [6, 6.07) is 6.99. The van der Waals surface area contributed by atoms with Crippen molar-refractivity contribution in [1.82, 2.24) is 10.2 Å². The summed E-state index contributed by atoms with van der Waals surface area (Å²) >= 11 is 0. The quantitative estimate of drug-likeness (QED) is 0.903. The Labute approximate surface area is 124 Å². The van der Waals surface area contributed by atoms with Gasteiger partial charge in [-0.3, -0.25) is 4.79 Å². The number of hydrogen-bond acceptors (Lipinski definition) is 4. The Balaban J connectivity index is 2.44. The molecule has 0 amide bonds. The maximum atomic E-state index is 12.0. The Morgan fingerprint density at radius 2 is 2.00 bits per heavy atom. The number of hydrogen-bond donors (Lipinski definition) is 2. The molecule has 1 heterocycles.